The van der Waals surface area contributed by atoms with Crippen molar-refractivity contribution in [2.24, 2.45) is 5.16 Å². The molecular weight excluding hydrogens is 322 g/mol. The molecule has 0 atom stereocenters. The molecule has 1 aliphatic carbocycles. The molecule has 6 heteroatoms. The molecule has 130 valence electrons. The Balaban J connectivity index is 1.76. The monoisotopic (exact) mass is 341 g/mol. The third-order valence-electron chi connectivity index (χ3n) is 4.11. The first-order chi connectivity index (χ1) is 12.2. The van der Waals surface area contributed by atoms with Gasteiger partial charge in [-0.05, 0) is 54.8 Å². The first kappa shape index (κ1) is 16.8. The molecule has 0 fully saturated rings. The maximum Gasteiger partial charge on any atom is 0.365 e. The summed E-state index contributed by atoms with van der Waals surface area (Å²) in [6, 6.07) is 10.6. The van der Waals surface area contributed by atoms with Crippen LogP contribution in [-0.2, 0) is 11.3 Å². The van der Waals surface area contributed by atoms with Crippen LogP contribution < -0.4 is 14.2 Å². The van der Waals surface area contributed by atoms with Crippen LogP contribution in [0.4, 0.5) is 0 Å². The molecular formula is C19H19NO5. The molecule has 2 aromatic carbocycles. The van der Waals surface area contributed by atoms with Crippen molar-refractivity contribution in [3.8, 4) is 17.2 Å². The lowest BCUT2D eigenvalue weighted by molar-refractivity contribution is 0.0515. The van der Waals surface area contributed by atoms with Crippen molar-refractivity contribution in [3.05, 3.63) is 53.1 Å². The number of carbonyl (C=O) groups excluding carboxylic acids is 1. The quantitative estimate of drug-likeness (QED) is 0.617. The number of hydrogen-bond donors (Lipinski definition) is 0. The van der Waals surface area contributed by atoms with Crippen LogP contribution in [0.2, 0.25) is 0 Å². The van der Waals surface area contributed by atoms with E-state index in [-0.39, 0.29) is 0 Å². The van der Waals surface area contributed by atoms with Gasteiger partial charge in [-0.3, -0.25) is 0 Å². The van der Waals surface area contributed by atoms with Gasteiger partial charge in [0.2, 0.25) is 0 Å². The first-order valence-electron chi connectivity index (χ1n) is 7.83. The molecule has 0 aromatic heterocycles. The van der Waals surface area contributed by atoms with E-state index in [1.807, 2.05) is 18.2 Å². The average molecular weight is 341 g/mol. The Hall–Kier alpha value is -3.02. The van der Waals surface area contributed by atoms with E-state index in [2.05, 4.69) is 5.16 Å². The van der Waals surface area contributed by atoms with Crippen LogP contribution in [0.25, 0.3) is 0 Å². The summed E-state index contributed by atoms with van der Waals surface area (Å²) in [5.41, 5.74) is 3.22. The van der Waals surface area contributed by atoms with E-state index in [0.29, 0.717) is 17.1 Å². The second kappa shape index (κ2) is 7.25. The van der Waals surface area contributed by atoms with Crippen molar-refractivity contribution in [2.75, 3.05) is 21.3 Å². The average Bonchev–Trinajstić information content (AvgIpc) is 3.07. The normalized spacial score (nSPS) is 14.1. The van der Waals surface area contributed by atoms with Gasteiger partial charge < -0.3 is 19.0 Å². The van der Waals surface area contributed by atoms with Crippen molar-refractivity contribution in [3.63, 3.8) is 0 Å². The molecule has 0 N–H and O–H groups in total. The number of benzene rings is 2. The highest BCUT2D eigenvalue weighted by atomic mass is 16.7. The number of fused-ring (bicyclic) bond motifs is 1. The van der Waals surface area contributed by atoms with E-state index in [1.54, 1.807) is 25.3 Å². The first-order valence-corrected chi connectivity index (χ1v) is 7.83. The summed E-state index contributed by atoms with van der Waals surface area (Å²) in [7, 11) is 4.68. The second-order valence-corrected chi connectivity index (χ2v) is 5.51. The standard InChI is InChI=1S/C19H19NO5/c1-22-14-6-7-15-12(10-14)4-8-16(15)20-25-19(21)13-5-9-17(23-2)18(11-13)24-3/h5-7,9-11H,4,8H2,1-3H3/b20-16+. The van der Waals surface area contributed by atoms with Gasteiger partial charge in [0.1, 0.15) is 5.75 Å². The zero-order chi connectivity index (χ0) is 17.8. The van der Waals surface area contributed by atoms with E-state index in [1.165, 1.54) is 14.2 Å². The summed E-state index contributed by atoms with van der Waals surface area (Å²) in [6.07, 6.45) is 1.57. The molecule has 0 amide bonds. The fourth-order valence-electron chi connectivity index (χ4n) is 2.78. The maximum atomic E-state index is 12.2. The van der Waals surface area contributed by atoms with Crippen molar-refractivity contribution in [2.45, 2.75) is 12.8 Å². The van der Waals surface area contributed by atoms with Crippen molar-refractivity contribution >= 4 is 11.7 Å². The van der Waals surface area contributed by atoms with E-state index >= 15 is 0 Å². The zero-order valence-electron chi connectivity index (χ0n) is 14.4. The fraction of sp³-hybridized carbons (Fsp3) is 0.263. The van der Waals surface area contributed by atoms with E-state index in [9.17, 15) is 4.79 Å². The zero-order valence-corrected chi connectivity index (χ0v) is 14.4. The third-order valence-corrected chi connectivity index (χ3v) is 4.11. The summed E-state index contributed by atoms with van der Waals surface area (Å²) < 4.78 is 15.6. The lowest BCUT2D eigenvalue weighted by Crippen LogP contribution is -2.05. The molecule has 0 spiro atoms. The van der Waals surface area contributed by atoms with Gasteiger partial charge in [-0.25, -0.2) is 4.79 Å². The van der Waals surface area contributed by atoms with E-state index < -0.39 is 5.97 Å². The van der Waals surface area contributed by atoms with Crippen LogP contribution in [0.15, 0.2) is 41.6 Å². The minimum Gasteiger partial charge on any atom is -0.497 e. The Bertz CT molecular complexity index is 829. The Morgan fingerprint density at radius 1 is 0.920 bits per heavy atom. The lowest BCUT2D eigenvalue weighted by atomic mass is 10.1. The van der Waals surface area contributed by atoms with E-state index in [0.717, 1.165) is 35.4 Å². The smallest absolute Gasteiger partial charge is 0.365 e. The highest BCUT2D eigenvalue weighted by Crippen LogP contribution is 2.29. The number of rotatable bonds is 5. The molecule has 6 nitrogen and oxygen atoms in total. The van der Waals surface area contributed by atoms with Crippen molar-refractivity contribution in [1.82, 2.24) is 0 Å². The van der Waals surface area contributed by atoms with Gasteiger partial charge >= 0.3 is 5.97 Å². The van der Waals surface area contributed by atoms with Crippen LogP contribution in [0.1, 0.15) is 27.9 Å². The SMILES string of the molecule is COc1ccc2c(c1)CC/C2=N\OC(=O)c1ccc(OC)c(OC)c1. The molecule has 0 radical (unpaired) electrons. The molecule has 0 saturated heterocycles. The van der Waals surface area contributed by atoms with Gasteiger partial charge in [0.05, 0.1) is 32.6 Å². The number of aryl methyl sites for hydroxylation is 1. The number of ether oxygens (including phenoxy) is 3. The molecule has 0 unspecified atom stereocenters. The molecule has 0 bridgehead atoms. The minimum absolute atomic E-state index is 0.343. The molecule has 0 saturated carbocycles. The number of methoxy groups -OCH3 is 3. The molecule has 0 heterocycles. The highest BCUT2D eigenvalue weighted by molar-refractivity contribution is 6.04. The Kier molecular flexibility index (Phi) is 4.88. The number of oxime groups is 1. The summed E-state index contributed by atoms with van der Waals surface area (Å²) in [6.45, 7) is 0. The van der Waals surface area contributed by atoms with Crippen molar-refractivity contribution in [1.29, 1.82) is 0 Å². The Labute approximate surface area is 146 Å². The summed E-state index contributed by atoms with van der Waals surface area (Å²) in [5.74, 6) is 1.27. The van der Waals surface area contributed by atoms with Gasteiger partial charge in [-0.2, -0.15) is 0 Å². The third kappa shape index (κ3) is 3.42. The second-order valence-electron chi connectivity index (χ2n) is 5.51. The van der Waals surface area contributed by atoms with Crippen LogP contribution in [0.5, 0.6) is 17.2 Å². The summed E-state index contributed by atoms with van der Waals surface area (Å²) >= 11 is 0. The molecule has 0 aliphatic heterocycles. The van der Waals surface area contributed by atoms with Crippen LogP contribution >= 0.6 is 0 Å². The van der Waals surface area contributed by atoms with Gasteiger partial charge in [0, 0.05) is 5.56 Å². The van der Waals surface area contributed by atoms with Gasteiger partial charge in [-0.15, -0.1) is 0 Å². The van der Waals surface area contributed by atoms with Crippen LogP contribution in [0, 0.1) is 0 Å². The molecule has 1 aliphatic rings. The number of carbonyl (C=O) groups is 1. The van der Waals surface area contributed by atoms with Gasteiger partial charge in [0.25, 0.3) is 0 Å². The van der Waals surface area contributed by atoms with Crippen LogP contribution in [-0.4, -0.2) is 33.0 Å². The Morgan fingerprint density at radius 2 is 1.72 bits per heavy atom. The largest absolute Gasteiger partial charge is 0.497 e. The van der Waals surface area contributed by atoms with Crippen molar-refractivity contribution < 1.29 is 23.8 Å². The minimum atomic E-state index is -0.546. The van der Waals surface area contributed by atoms with Gasteiger partial charge in [-0.1, -0.05) is 5.16 Å². The molecule has 3 rings (SSSR count). The maximum absolute atomic E-state index is 12.2. The predicted molar refractivity (Wildman–Crippen MR) is 92.8 cm³/mol. The van der Waals surface area contributed by atoms with Crippen LogP contribution in [0.3, 0.4) is 0 Å². The van der Waals surface area contributed by atoms with Gasteiger partial charge in [0.15, 0.2) is 11.5 Å². The molecule has 25 heavy (non-hydrogen) atoms. The van der Waals surface area contributed by atoms with E-state index in [4.69, 9.17) is 19.0 Å². The fourth-order valence-corrected chi connectivity index (χ4v) is 2.78. The molecule has 2 aromatic rings. The number of hydrogen-bond acceptors (Lipinski definition) is 6. The number of nitrogens with zero attached hydrogens (tertiary/aromatic N) is 1. The lowest BCUT2D eigenvalue weighted by Gasteiger charge is -2.08. The predicted octanol–water partition coefficient (Wildman–Crippen LogP) is 3.22. The highest BCUT2D eigenvalue weighted by Gasteiger charge is 2.20. The summed E-state index contributed by atoms with van der Waals surface area (Å²) in [5, 5.41) is 4.05. The Morgan fingerprint density at radius 3 is 2.44 bits per heavy atom. The topological polar surface area (TPSA) is 66.4 Å². The summed E-state index contributed by atoms with van der Waals surface area (Å²) in [4.78, 5) is 17.4.